The van der Waals surface area contributed by atoms with Crippen LogP contribution in [0, 0.1) is 0 Å². The zero-order chi connectivity index (χ0) is 18.2. The molecular weight excluding hydrogens is 326 g/mol. The molecule has 1 amide bonds. The Hall–Kier alpha value is -2.74. The first-order valence-electron chi connectivity index (χ1n) is 7.98. The number of amides is 1. The molecule has 1 aliphatic rings. The second-order valence-corrected chi connectivity index (χ2v) is 6.33. The molecular formula is C17H19N3O5. The van der Waals surface area contributed by atoms with Crippen LogP contribution in [0.15, 0.2) is 29.2 Å². The lowest BCUT2D eigenvalue weighted by Crippen LogP contribution is -2.62. The minimum atomic E-state index is -0.895. The summed E-state index contributed by atoms with van der Waals surface area (Å²) in [4.78, 5) is 42.8. The number of aliphatic hydroxyl groups is 1. The van der Waals surface area contributed by atoms with Crippen molar-refractivity contribution in [3.63, 3.8) is 0 Å². The highest BCUT2D eigenvalue weighted by Crippen LogP contribution is 2.20. The van der Waals surface area contributed by atoms with Gasteiger partial charge in [-0.3, -0.25) is 14.2 Å². The predicted molar refractivity (Wildman–Crippen MR) is 89.2 cm³/mol. The van der Waals surface area contributed by atoms with Gasteiger partial charge >= 0.3 is 5.97 Å². The van der Waals surface area contributed by atoms with Crippen LogP contribution in [0.5, 0.6) is 0 Å². The zero-order valence-corrected chi connectivity index (χ0v) is 14.1. The maximum Gasteiger partial charge on any atom is 0.343 e. The molecule has 1 fully saturated rings. The number of aromatic nitrogens is 2. The van der Waals surface area contributed by atoms with E-state index in [2.05, 4.69) is 4.98 Å². The Morgan fingerprint density at radius 3 is 2.76 bits per heavy atom. The van der Waals surface area contributed by atoms with E-state index < -0.39 is 17.1 Å². The number of hydrogen-bond acceptors (Lipinski definition) is 6. The highest BCUT2D eigenvalue weighted by molar-refractivity contribution is 5.93. The van der Waals surface area contributed by atoms with E-state index in [0.717, 1.165) is 0 Å². The zero-order valence-electron chi connectivity index (χ0n) is 14.1. The van der Waals surface area contributed by atoms with Gasteiger partial charge in [-0.1, -0.05) is 0 Å². The summed E-state index contributed by atoms with van der Waals surface area (Å²) in [6, 6.07) is 4.82. The van der Waals surface area contributed by atoms with Crippen LogP contribution in [0.1, 0.15) is 24.2 Å². The molecule has 0 aromatic carbocycles. The number of carbonyl (C=O) groups excluding carboxylic acids is 2. The Bertz CT molecular complexity index is 895. The van der Waals surface area contributed by atoms with E-state index in [1.54, 1.807) is 26.0 Å². The van der Waals surface area contributed by atoms with Crippen LogP contribution < -0.4 is 5.56 Å². The van der Waals surface area contributed by atoms with Gasteiger partial charge in [0.1, 0.15) is 17.8 Å². The number of rotatable bonds is 4. The van der Waals surface area contributed by atoms with E-state index in [-0.39, 0.29) is 37.7 Å². The van der Waals surface area contributed by atoms with E-state index in [1.165, 1.54) is 21.7 Å². The van der Waals surface area contributed by atoms with Gasteiger partial charge in [0.2, 0.25) is 5.91 Å². The fraction of sp³-hybridized carbons (Fsp3) is 0.412. The fourth-order valence-corrected chi connectivity index (χ4v) is 2.90. The summed E-state index contributed by atoms with van der Waals surface area (Å²) in [6.45, 7) is 3.60. The first kappa shape index (κ1) is 17.1. The van der Waals surface area contributed by atoms with Crippen molar-refractivity contribution in [3.05, 3.63) is 40.3 Å². The van der Waals surface area contributed by atoms with Crippen molar-refractivity contribution in [2.75, 3.05) is 19.7 Å². The summed E-state index contributed by atoms with van der Waals surface area (Å²) in [5.74, 6) is -1.05. The Morgan fingerprint density at radius 2 is 2.12 bits per heavy atom. The molecule has 1 saturated heterocycles. The second kappa shape index (κ2) is 6.29. The smallest absolute Gasteiger partial charge is 0.343 e. The number of likely N-dealkylation sites (tertiary alicyclic amines) is 1. The van der Waals surface area contributed by atoms with E-state index in [9.17, 15) is 19.5 Å². The molecule has 1 N–H and O–H groups in total. The molecule has 0 bridgehead atoms. The van der Waals surface area contributed by atoms with Crippen molar-refractivity contribution in [2.24, 2.45) is 0 Å². The third-order valence-electron chi connectivity index (χ3n) is 4.05. The molecule has 0 radical (unpaired) electrons. The maximum atomic E-state index is 12.7. The lowest BCUT2D eigenvalue weighted by atomic mass is 9.97. The van der Waals surface area contributed by atoms with Gasteiger partial charge in [-0.2, -0.15) is 0 Å². The van der Waals surface area contributed by atoms with Crippen LogP contribution in [0.2, 0.25) is 0 Å². The van der Waals surface area contributed by atoms with Gasteiger partial charge in [0.25, 0.3) is 5.56 Å². The maximum absolute atomic E-state index is 12.7. The minimum Gasteiger partial charge on any atom is -0.462 e. The van der Waals surface area contributed by atoms with Gasteiger partial charge in [0.05, 0.1) is 25.3 Å². The van der Waals surface area contributed by atoms with Crippen molar-refractivity contribution in [1.29, 1.82) is 0 Å². The molecule has 132 valence electrons. The van der Waals surface area contributed by atoms with Crippen molar-refractivity contribution < 1.29 is 19.4 Å². The van der Waals surface area contributed by atoms with E-state index in [4.69, 9.17) is 4.74 Å². The molecule has 1 aliphatic heterocycles. The number of nitrogens with zero attached hydrogens (tertiary/aromatic N) is 3. The number of pyridine rings is 2. The van der Waals surface area contributed by atoms with Crippen LogP contribution in [-0.2, 0) is 16.1 Å². The standard InChI is InChI=1S/C17H19N3O5/c1-3-25-16(23)12-7-11-5-4-6-18-14(11)20(15(12)22)8-13(21)19-9-17(2,24)10-19/h4-7,24H,3,8-10H2,1-2H3. The van der Waals surface area contributed by atoms with E-state index >= 15 is 0 Å². The Morgan fingerprint density at radius 1 is 1.40 bits per heavy atom. The monoisotopic (exact) mass is 345 g/mol. The van der Waals surface area contributed by atoms with Gasteiger partial charge in [-0.05, 0) is 32.0 Å². The molecule has 2 aromatic rings. The average molecular weight is 345 g/mol. The minimum absolute atomic E-state index is 0.134. The van der Waals surface area contributed by atoms with Crippen molar-refractivity contribution in [2.45, 2.75) is 26.0 Å². The molecule has 0 unspecified atom stereocenters. The van der Waals surface area contributed by atoms with Crippen LogP contribution in [0.3, 0.4) is 0 Å². The molecule has 3 rings (SSSR count). The van der Waals surface area contributed by atoms with Crippen LogP contribution in [0.4, 0.5) is 0 Å². The molecule has 0 saturated carbocycles. The molecule has 0 spiro atoms. The second-order valence-electron chi connectivity index (χ2n) is 6.33. The number of hydrogen-bond donors (Lipinski definition) is 1. The summed E-state index contributed by atoms with van der Waals surface area (Å²) in [5, 5.41) is 10.3. The Balaban J connectivity index is 2.01. The van der Waals surface area contributed by atoms with Crippen molar-refractivity contribution >= 4 is 22.9 Å². The number of carbonyl (C=O) groups is 2. The van der Waals surface area contributed by atoms with E-state index in [1.807, 2.05) is 0 Å². The van der Waals surface area contributed by atoms with Gasteiger partial charge in [-0.15, -0.1) is 0 Å². The Labute approximate surface area is 143 Å². The lowest BCUT2D eigenvalue weighted by Gasteiger charge is -2.44. The third kappa shape index (κ3) is 3.25. The van der Waals surface area contributed by atoms with Gasteiger partial charge in [-0.25, -0.2) is 9.78 Å². The van der Waals surface area contributed by atoms with Crippen molar-refractivity contribution in [3.8, 4) is 0 Å². The summed E-state index contributed by atoms with van der Waals surface area (Å²) >= 11 is 0. The fourth-order valence-electron chi connectivity index (χ4n) is 2.90. The molecule has 2 aromatic heterocycles. The molecule has 0 atom stereocenters. The summed E-state index contributed by atoms with van der Waals surface area (Å²) in [5.41, 5.74) is -1.33. The molecule has 0 aliphatic carbocycles. The van der Waals surface area contributed by atoms with Gasteiger partial charge in [0.15, 0.2) is 0 Å². The number of fused-ring (bicyclic) bond motifs is 1. The van der Waals surface area contributed by atoms with Crippen LogP contribution >= 0.6 is 0 Å². The topological polar surface area (TPSA) is 102 Å². The summed E-state index contributed by atoms with van der Waals surface area (Å²) < 4.78 is 6.10. The Kier molecular flexibility index (Phi) is 4.30. The summed E-state index contributed by atoms with van der Waals surface area (Å²) in [6.07, 6.45) is 1.52. The highest BCUT2D eigenvalue weighted by Gasteiger charge is 2.39. The number of β-amino-alcohol motifs (C(OH)–C–C–N with tert-alkyl or cyclic N) is 1. The average Bonchev–Trinajstić information content (AvgIpc) is 2.54. The highest BCUT2D eigenvalue weighted by atomic mass is 16.5. The van der Waals surface area contributed by atoms with E-state index in [0.29, 0.717) is 11.0 Å². The predicted octanol–water partition coefficient (Wildman–Crippen LogP) is 0.166. The van der Waals surface area contributed by atoms with Crippen LogP contribution in [-0.4, -0.2) is 56.7 Å². The number of ether oxygens (including phenoxy) is 1. The van der Waals surface area contributed by atoms with Gasteiger partial charge < -0.3 is 14.7 Å². The first-order chi connectivity index (χ1) is 11.8. The normalized spacial score (nSPS) is 15.7. The molecule has 8 nitrogen and oxygen atoms in total. The lowest BCUT2D eigenvalue weighted by molar-refractivity contribution is -0.152. The summed E-state index contributed by atoms with van der Waals surface area (Å²) in [7, 11) is 0. The molecule has 3 heterocycles. The molecule has 25 heavy (non-hydrogen) atoms. The third-order valence-corrected chi connectivity index (χ3v) is 4.05. The molecule has 8 heteroatoms. The SMILES string of the molecule is CCOC(=O)c1cc2cccnc2n(CC(=O)N2CC(C)(O)C2)c1=O. The quantitative estimate of drug-likeness (QED) is 0.793. The van der Waals surface area contributed by atoms with Gasteiger partial charge in [0, 0.05) is 11.6 Å². The van der Waals surface area contributed by atoms with Crippen molar-refractivity contribution in [1.82, 2.24) is 14.5 Å². The van der Waals surface area contributed by atoms with Crippen LogP contribution in [0.25, 0.3) is 11.0 Å². The first-order valence-corrected chi connectivity index (χ1v) is 7.98. The number of esters is 1. The largest absolute Gasteiger partial charge is 0.462 e.